The molecule has 0 aliphatic heterocycles. The van der Waals surface area contributed by atoms with Gasteiger partial charge in [0.1, 0.15) is 17.0 Å². The Labute approximate surface area is 374 Å². The van der Waals surface area contributed by atoms with Crippen LogP contribution in [0.3, 0.4) is 0 Å². The number of para-hydroxylation sites is 2. The Kier molecular flexibility index (Phi) is 7.50. The molecule has 2 aromatic heterocycles. The first-order chi connectivity index (χ1) is 32.1. The van der Waals surface area contributed by atoms with E-state index in [1.54, 1.807) is 0 Å². The molecule has 2 aliphatic carbocycles. The maximum absolute atomic E-state index is 14.0. The molecule has 0 atom stereocenters. The van der Waals surface area contributed by atoms with Crippen LogP contribution in [0, 0.1) is 5.82 Å². The number of rotatable bonds is 5. The van der Waals surface area contributed by atoms with Gasteiger partial charge in [0.05, 0.1) is 27.5 Å². The molecular weight excluding hydrogens is 796 g/mol. The number of benzene rings is 10. The minimum Gasteiger partial charge on any atom is -0.456 e. The second kappa shape index (κ2) is 13.5. The van der Waals surface area contributed by atoms with Crippen LogP contribution in [0.5, 0.6) is 0 Å². The molecule has 0 fully saturated rings. The molecule has 0 saturated heterocycles. The lowest BCUT2D eigenvalue weighted by atomic mass is 9.70. The quantitative estimate of drug-likeness (QED) is 0.172. The highest BCUT2D eigenvalue weighted by molar-refractivity contribution is 6.14. The fourth-order valence-electron chi connectivity index (χ4n) is 11.4. The summed E-state index contributed by atoms with van der Waals surface area (Å²) in [5, 5.41) is 4.46. The number of aromatic nitrogens is 1. The van der Waals surface area contributed by atoms with Crippen molar-refractivity contribution in [1.82, 2.24) is 4.57 Å². The SMILES string of the molecule is Fc1ccc(-n2c3ccccc3c3cc(-c4ccc(N(c5ccc6c(c5)C5(c7ccccc7-c7ccccc75)c5ccccc5-6)c5cccc6oc7ccccc7c56)cc4)ccc32)cc1. The third-order valence-electron chi connectivity index (χ3n) is 14.1. The average molecular weight is 833 g/mol. The second-order valence-electron chi connectivity index (χ2n) is 17.3. The van der Waals surface area contributed by atoms with Gasteiger partial charge in [0.25, 0.3) is 0 Å². The van der Waals surface area contributed by atoms with Gasteiger partial charge in [-0.1, -0.05) is 140 Å². The van der Waals surface area contributed by atoms with Gasteiger partial charge in [-0.3, -0.25) is 0 Å². The van der Waals surface area contributed by atoms with Crippen LogP contribution in [0.15, 0.2) is 229 Å². The van der Waals surface area contributed by atoms with E-state index >= 15 is 0 Å². The summed E-state index contributed by atoms with van der Waals surface area (Å²) >= 11 is 0. The number of hydrogen-bond acceptors (Lipinski definition) is 2. The molecule has 14 rings (SSSR count). The lowest BCUT2D eigenvalue weighted by Gasteiger charge is -2.32. The summed E-state index contributed by atoms with van der Waals surface area (Å²) in [7, 11) is 0. The molecule has 0 unspecified atom stereocenters. The van der Waals surface area contributed by atoms with Crippen LogP contribution in [0.1, 0.15) is 22.3 Å². The Hall–Kier alpha value is -8.47. The van der Waals surface area contributed by atoms with Crippen LogP contribution in [0.2, 0.25) is 0 Å². The number of furan rings is 1. The van der Waals surface area contributed by atoms with Gasteiger partial charge in [0.2, 0.25) is 0 Å². The van der Waals surface area contributed by atoms with Gasteiger partial charge in [-0.25, -0.2) is 4.39 Å². The molecule has 2 heterocycles. The smallest absolute Gasteiger partial charge is 0.137 e. The Morgan fingerprint density at radius 3 is 1.69 bits per heavy atom. The van der Waals surface area contributed by atoms with Crippen molar-refractivity contribution in [3.63, 3.8) is 0 Å². The molecule has 0 amide bonds. The van der Waals surface area contributed by atoms with Crippen molar-refractivity contribution >= 4 is 60.8 Å². The summed E-state index contributed by atoms with van der Waals surface area (Å²) in [6.07, 6.45) is 0. The highest BCUT2D eigenvalue weighted by Gasteiger charge is 2.51. The van der Waals surface area contributed by atoms with Crippen LogP contribution >= 0.6 is 0 Å². The first-order valence-electron chi connectivity index (χ1n) is 22.2. The first kappa shape index (κ1) is 36.1. The maximum atomic E-state index is 14.0. The van der Waals surface area contributed by atoms with Crippen LogP contribution < -0.4 is 4.90 Å². The minimum absolute atomic E-state index is 0.246. The van der Waals surface area contributed by atoms with Gasteiger partial charge in [0, 0.05) is 33.2 Å². The third-order valence-corrected chi connectivity index (χ3v) is 14.1. The molecule has 0 radical (unpaired) electrons. The van der Waals surface area contributed by atoms with Crippen molar-refractivity contribution in [1.29, 1.82) is 0 Å². The van der Waals surface area contributed by atoms with Crippen molar-refractivity contribution in [3.8, 4) is 39.1 Å². The molecule has 1 spiro atoms. The predicted molar refractivity (Wildman–Crippen MR) is 264 cm³/mol. The molecule has 0 saturated carbocycles. The van der Waals surface area contributed by atoms with Crippen LogP contribution in [-0.4, -0.2) is 4.57 Å². The Bertz CT molecular complexity index is 3850. The molecule has 10 aromatic carbocycles. The molecule has 12 aromatic rings. The average Bonchev–Trinajstić information content (AvgIpc) is 4.08. The van der Waals surface area contributed by atoms with E-state index in [0.717, 1.165) is 77.6 Å². The molecule has 4 heteroatoms. The lowest BCUT2D eigenvalue weighted by Crippen LogP contribution is -2.26. The largest absolute Gasteiger partial charge is 0.456 e. The normalized spacial score (nSPS) is 13.1. The van der Waals surface area contributed by atoms with Gasteiger partial charge in [-0.2, -0.15) is 0 Å². The molecule has 304 valence electrons. The Morgan fingerprint density at radius 2 is 0.969 bits per heavy atom. The van der Waals surface area contributed by atoms with E-state index in [0.29, 0.717) is 0 Å². The van der Waals surface area contributed by atoms with Crippen molar-refractivity contribution in [2.24, 2.45) is 0 Å². The second-order valence-corrected chi connectivity index (χ2v) is 17.3. The van der Waals surface area contributed by atoms with Crippen LogP contribution in [0.25, 0.3) is 82.8 Å². The van der Waals surface area contributed by atoms with Gasteiger partial charge in [0.15, 0.2) is 0 Å². The zero-order chi connectivity index (χ0) is 42.8. The predicted octanol–water partition coefficient (Wildman–Crippen LogP) is 16.3. The molecular formula is C61H37FN2O. The van der Waals surface area contributed by atoms with E-state index in [4.69, 9.17) is 4.42 Å². The van der Waals surface area contributed by atoms with Crippen molar-refractivity contribution < 1.29 is 8.81 Å². The molecule has 0 N–H and O–H groups in total. The summed E-state index contributed by atoms with van der Waals surface area (Å²) in [6.45, 7) is 0. The van der Waals surface area contributed by atoms with E-state index in [2.05, 4.69) is 204 Å². The fourth-order valence-corrected chi connectivity index (χ4v) is 11.4. The van der Waals surface area contributed by atoms with E-state index in [9.17, 15) is 4.39 Å². The summed E-state index contributed by atoms with van der Waals surface area (Å²) in [4.78, 5) is 2.41. The highest BCUT2D eigenvalue weighted by Crippen LogP contribution is 2.63. The van der Waals surface area contributed by atoms with Crippen LogP contribution in [-0.2, 0) is 5.41 Å². The summed E-state index contributed by atoms with van der Waals surface area (Å²) in [5.41, 5.74) is 20.1. The van der Waals surface area contributed by atoms with Crippen molar-refractivity contribution in [3.05, 3.63) is 253 Å². The maximum Gasteiger partial charge on any atom is 0.137 e. The van der Waals surface area contributed by atoms with E-state index in [1.165, 1.54) is 56.6 Å². The van der Waals surface area contributed by atoms with Gasteiger partial charge in [-0.15, -0.1) is 0 Å². The Morgan fingerprint density at radius 1 is 0.400 bits per heavy atom. The van der Waals surface area contributed by atoms with Gasteiger partial charge >= 0.3 is 0 Å². The van der Waals surface area contributed by atoms with Crippen LogP contribution in [0.4, 0.5) is 21.5 Å². The monoisotopic (exact) mass is 832 g/mol. The zero-order valence-electron chi connectivity index (χ0n) is 35.0. The van der Waals surface area contributed by atoms with E-state index in [-0.39, 0.29) is 5.82 Å². The summed E-state index contributed by atoms with van der Waals surface area (Å²) < 4.78 is 22.8. The van der Waals surface area contributed by atoms with Gasteiger partial charge in [-0.05, 0) is 141 Å². The lowest BCUT2D eigenvalue weighted by molar-refractivity contribution is 0.627. The molecule has 65 heavy (non-hydrogen) atoms. The fraction of sp³-hybridized carbons (Fsp3) is 0.0164. The first-order valence-corrected chi connectivity index (χ1v) is 22.2. The summed E-state index contributed by atoms with van der Waals surface area (Å²) in [5.74, 6) is -0.246. The molecule has 3 nitrogen and oxygen atoms in total. The van der Waals surface area contributed by atoms with Crippen molar-refractivity contribution in [2.75, 3.05) is 4.90 Å². The van der Waals surface area contributed by atoms with E-state index < -0.39 is 5.41 Å². The number of fused-ring (bicyclic) bond motifs is 16. The number of halogens is 1. The zero-order valence-corrected chi connectivity index (χ0v) is 35.0. The topological polar surface area (TPSA) is 21.3 Å². The number of nitrogens with zero attached hydrogens (tertiary/aromatic N) is 2. The van der Waals surface area contributed by atoms with Crippen molar-refractivity contribution in [2.45, 2.75) is 5.41 Å². The standard InChI is InChI=1S/C61H37FN2O/c62-40-27-31-42(32-28-40)64-55-20-9-4-15-48(55)50-36-39(26-35-56(50)64)38-24-29-41(30-25-38)63(57-21-11-23-59-60(57)49-16-5-10-22-58(49)65-59)43-33-34-47-46-14-3-8-19-53(46)61(54(47)37-43)51-17-6-1-12-44(51)45-13-2-7-18-52(45)61/h1-37H. The van der Waals surface area contributed by atoms with Gasteiger partial charge < -0.3 is 13.9 Å². The highest BCUT2D eigenvalue weighted by atomic mass is 19.1. The Balaban J connectivity index is 0.966. The molecule has 2 aliphatic rings. The summed E-state index contributed by atoms with van der Waals surface area (Å²) in [6, 6.07) is 79.6. The molecule has 0 bridgehead atoms. The van der Waals surface area contributed by atoms with E-state index in [1.807, 2.05) is 18.2 Å². The minimum atomic E-state index is -0.475. The number of anilines is 3. The number of hydrogen-bond donors (Lipinski definition) is 0. The third kappa shape index (κ3) is 4.99.